The zero-order valence-electron chi connectivity index (χ0n) is 10.8. The highest BCUT2D eigenvalue weighted by atomic mass is 32.1. The van der Waals surface area contributed by atoms with Crippen molar-refractivity contribution in [3.05, 3.63) is 46.0 Å². The Kier molecular flexibility index (Phi) is 4.41. The molecule has 2 rings (SSSR count). The third-order valence-electron chi connectivity index (χ3n) is 2.61. The van der Waals surface area contributed by atoms with Gasteiger partial charge in [-0.15, -0.1) is 11.3 Å². The standard InChI is InChI=1S/C13H14N2O4S/c1-15(8-10-3-2-6-20-10)13(18)14-7-9-4-5-11(19-9)12(16)17/h2-6H,7-8H2,1H3,(H,14,18)(H,16,17). The van der Waals surface area contributed by atoms with Crippen LogP contribution in [-0.4, -0.2) is 29.1 Å². The Balaban J connectivity index is 1.83. The van der Waals surface area contributed by atoms with E-state index in [0.29, 0.717) is 12.3 Å². The van der Waals surface area contributed by atoms with E-state index in [0.717, 1.165) is 4.88 Å². The summed E-state index contributed by atoms with van der Waals surface area (Å²) in [5.74, 6) is -0.862. The van der Waals surface area contributed by atoms with Crippen LogP contribution in [0, 0.1) is 0 Å². The molecule has 0 aromatic carbocycles. The van der Waals surface area contributed by atoms with Gasteiger partial charge in [0, 0.05) is 11.9 Å². The van der Waals surface area contributed by atoms with Gasteiger partial charge in [0.2, 0.25) is 5.76 Å². The fraction of sp³-hybridized carbons (Fsp3) is 0.231. The molecule has 0 radical (unpaired) electrons. The number of carbonyl (C=O) groups is 2. The number of hydrogen-bond acceptors (Lipinski definition) is 4. The number of aromatic carboxylic acids is 1. The maximum atomic E-state index is 11.8. The van der Waals surface area contributed by atoms with Crippen LogP contribution in [0.15, 0.2) is 34.1 Å². The van der Waals surface area contributed by atoms with E-state index in [9.17, 15) is 9.59 Å². The van der Waals surface area contributed by atoms with Crippen LogP contribution in [0.25, 0.3) is 0 Å². The van der Waals surface area contributed by atoms with Gasteiger partial charge >= 0.3 is 12.0 Å². The summed E-state index contributed by atoms with van der Waals surface area (Å²) in [6, 6.07) is 6.54. The lowest BCUT2D eigenvalue weighted by Crippen LogP contribution is -2.36. The number of carbonyl (C=O) groups excluding carboxylic acids is 1. The van der Waals surface area contributed by atoms with Crippen molar-refractivity contribution in [1.82, 2.24) is 10.2 Å². The van der Waals surface area contributed by atoms with Crippen LogP contribution in [0.4, 0.5) is 4.79 Å². The van der Waals surface area contributed by atoms with Gasteiger partial charge in [-0.3, -0.25) is 0 Å². The molecule has 0 aliphatic heterocycles. The highest BCUT2D eigenvalue weighted by molar-refractivity contribution is 7.09. The van der Waals surface area contributed by atoms with Crippen molar-refractivity contribution in [2.24, 2.45) is 0 Å². The number of rotatable bonds is 5. The first-order chi connectivity index (χ1) is 9.56. The second-order valence-electron chi connectivity index (χ2n) is 4.17. The second-order valence-corrected chi connectivity index (χ2v) is 5.20. The molecule has 2 amide bonds. The van der Waals surface area contributed by atoms with E-state index >= 15 is 0 Å². The summed E-state index contributed by atoms with van der Waals surface area (Å²) in [5, 5.41) is 13.3. The fourth-order valence-corrected chi connectivity index (χ4v) is 2.35. The number of carboxylic acid groups (broad SMARTS) is 1. The van der Waals surface area contributed by atoms with E-state index in [1.165, 1.54) is 12.1 Å². The van der Waals surface area contributed by atoms with E-state index in [-0.39, 0.29) is 18.3 Å². The van der Waals surface area contributed by atoms with Crippen LogP contribution in [0.3, 0.4) is 0 Å². The predicted octanol–water partition coefficient (Wildman–Crippen LogP) is 2.38. The van der Waals surface area contributed by atoms with Crippen LogP contribution in [0.2, 0.25) is 0 Å². The smallest absolute Gasteiger partial charge is 0.371 e. The lowest BCUT2D eigenvalue weighted by atomic mass is 10.4. The molecule has 2 aromatic heterocycles. The van der Waals surface area contributed by atoms with Crippen molar-refractivity contribution < 1.29 is 19.1 Å². The minimum Gasteiger partial charge on any atom is -0.475 e. The van der Waals surface area contributed by atoms with E-state index in [1.807, 2.05) is 17.5 Å². The summed E-state index contributed by atoms with van der Waals surface area (Å²) in [6.45, 7) is 0.683. The molecule has 0 aliphatic carbocycles. The van der Waals surface area contributed by atoms with Gasteiger partial charge in [0.25, 0.3) is 0 Å². The van der Waals surface area contributed by atoms with Crippen molar-refractivity contribution in [2.75, 3.05) is 7.05 Å². The van der Waals surface area contributed by atoms with E-state index < -0.39 is 5.97 Å². The highest BCUT2D eigenvalue weighted by Gasteiger charge is 2.12. The lowest BCUT2D eigenvalue weighted by molar-refractivity contribution is 0.0660. The molecule has 0 bridgehead atoms. The molecule has 0 aliphatic rings. The zero-order chi connectivity index (χ0) is 14.5. The van der Waals surface area contributed by atoms with Crippen molar-refractivity contribution >= 4 is 23.3 Å². The first-order valence-corrected chi connectivity index (χ1v) is 6.77. The Bertz CT molecular complexity index is 591. The van der Waals surface area contributed by atoms with E-state index in [4.69, 9.17) is 9.52 Å². The number of nitrogens with zero attached hydrogens (tertiary/aromatic N) is 1. The van der Waals surface area contributed by atoms with Crippen LogP contribution in [0.5, 0.6) is 0 Å². The topological polar surface area (TPSA) is 82.8 Å². The molecule has 20 heavy (non-hydrogen) atoms. The number of hydrogen-bond donors (Lipinski definition) is 2. The van der Waals surface area contributed by atoms with Crippen molar-refractivity contribution in [2.45, 2.75) is 13.1 Å². The number of carboxylic acids is 1. The van der Waals surface area contributed by atoms with Crippen LogP contribution < -0.4 is 5.32 Å². The van der Waals surface area contributed by atoms with Gasteiger partial charge in [0.15, 0.2) is 0 Å². The molecule has 0 saturated carbocycles. The maximum absolute atomic E-state index is 11.8. The van der Waals surface area contributed by atoms with Crippen LogP contribution in [0.1, 0.15) is 21.2 Å². The first kappa shape index (κ1) is 14.1. The Hall–Kier alpha value is -2.28. The number of urea groups is 1. The number of amides is 2. The number of thiophene rings is 1. The molecule has 0 saturated heterocycles. The third kappa shape index (κ3) is 3.61. The van der Waals surface area contributed by atoms with Crippen molar-refractivity contribution in [3.63, 3.8) is 0 Å². The molecular formula is C13H14N2O4S. The maximum Gasteiger partial charge on any atom is 0.371 e. The van der Waals surface area contributed by atoms with E-state index in [2.05, 4.69) is 5.32 Å². The molecule has 0 spiro atoms. The largest absolute Gasteiger partial charge is 0.475 e. The second kappa shape index (κ2) is 6.25. The predicted molar refractivity (Wildman–Crippen MR) is 73.7 cm³/mol. The Morgan fingerprint density at radius 2 is 2.20 bits per heavy atom. The summed E-state index contributed by atoms with van der Waals surface area (Å²) in [6.07, 6.45) is 0. The summed E-state index contributed by atoms with van der Waals surface area (Å²) in [4.78, 5) is 25.1. The molecule has 2 aromatic rings. The molecule has 6 nitrogen and oxygen atoms in total. The van der Waals surface area contributed by atoms with Gasteiger partial charge in [-0.1, -0.05) is 6.07 Å². The Morgan fingerprint density at radius 3 is 2.80 bits per heavy atom. The fourth-order valence-electron chi connectivity index (χ4n) is 1.59. The Labute approximate surface area is 119 Å². The van der Waals surface area contributed by atoms with E-state index in [1.54, 1.807) is 23.3 Å². The minimum absolute atomic E-state index is 0.138. The average Bonchev–Trinajstić information content (AvgIpc) is 3.06. The minimum atomic E-state index is -1.13. The molecule has 0 fully saturated rings. The molecule has 0 unspecified atom stereocenters. The molecule has 2 N–H and O–H groups in total. The van der Waals surface area contributed by atoms with Gasteiger partial charge < -0.3 is 19.7 Å². The van der Waals surface area contributed by atoms with Crippen molar-refractivity contribution in [3.8, 4) is 0 Å². The average molecular weight is 294 g/mol. The SMILES string of the molecule is CN(Cc1cccs1)C(=O)NCc1ccc(C(=O)O)o1. The number of nitrogens with one attached hydrogen (secondary N) is 1. The Morgan fingerprint density at radius 1 is 1.40 bits per heavy atom. The van der Waals surface area contributed by atoms with Gasteiger partial charge in [0.1, 0.15) is 5.76 Å². The molecular weight excluding hydrogens is 280 g/mol. The van der Waals surface area contributed by atoms with Gasteiger partial charge in [-0.2, -0.15) is 0 Å². The quantitative estimate of drug-likeness (QED) is 0.887. The third-order valence-corrected chi connectivity index (χ3v) is 3.47. The molecule has 2 heterocycles. The molecule has 106 valence electrons. The monoisotopic (exact) mass is 294 g/mol. The summed E-state index contributed by atoms with van der Waals surface area (Å²) in [5.41, 5.74) is 0. The lowest BCUT2D eigenvalue weighted by Gasteiger charge is -2.16. The van der Waals surface area contributed by atoms with Gasteiger partial charge in [0.05, 0.1) is 13.1 Å². The van der Waals surface area contributed by atoms with Crippen LogP contribution in [-0.2, 0) is 13.1 Å². The van der Waals surface area contributed by atoms with Crippen LogP contribution >= 0.6 is 11.3 Å². The normalized spacial score (nSPS) is 10.2. The summed E-state index contributed by atoms with van der Waals surface area (Å²) < 4.78 is 5.05. The summed E-state index contributed by atoms with van der Waals surface area (Å²) >= 11 is 1.58. The van der Waals surface area contributed by atoms with Crippen molar-refractivity contribution in [1.29, 1.82) is 0 Å². The summed E-state index contributed by atoms with van der Waals surface area (Å²) in [7, 11) is 1.69. The molecule has 0 atom stereocenters. The molecule has 7 heteroatoms. The first-order valence-electron chi connectivity index (χ1n) is 5.89. The van der Waals surface area contributed by atoms with Gasteiger partial charge in [-0.25, -0.2) is 9.59 Å². The zero-order valence-corrected chi connectivity index (χ0v) is 11.6. The highest BCUT2D eigenvalue weighted by Crippen LogP contribution is 2.11. The van der Waals surface area contributed by atoms with Gasteiger partial charge in [-0.05, 0) is 23.6 Å². The number of furan rings is 1.